The van der Waals surface area contributed by atoms with Crippen LogP contribution in [-0.2, 0) is 0 Å². The SMILES string of the molecule is C[C@H](COc1cnc(-c2ccnc3cc(F)cc(F)c23)cc1Cl)CC(C)(C)N. The number of hydrogen-bond donors (Lipinski definition) is 1. The quantitative estimate of drug-likeness (QED) is 0.598. The summed E-state index contributed by atoms with van der Waals surface area (Å²) >= 11 is 6.35. The molecule has 0 aliphatic carbocycles. The highest BCUT2D eigenvalue weighted by Crippen LogP contribution is 2.33. The highest BCUT2D eigenvalue weighted by molar-refractivity contribution is 6.32. The Hall–Kier alpha value is -2.31. The van der Waals surface area contributed by atoms with E-state index in [1.54, 1.807) is 12.1 Å². The summed E-state index contributed by atoms with van der Waals surface area (Å²) in [5, 5.41) is 0.552. The average Bonchev–Trinajstić information content (AvgIpc) is 2.58. The summed E-state index contributed by atoms with van der Waals surface area (Å²) in [4.78, 5) is 8.38. The Balaban J connectivity index is 1.86. The van der Waals surface area contributed by atoms with Crippen molar-refractivity contribution in [2.75, 3.05) is 6.61 Å². The normalized spacial score (nSPS) is 13.0. The second kappa shape index (κ2) is 7.97. The molecule has 3 rings (SSSR count). The molecule has 0 aliphatic rings. The fourth-order valence-corrected chi connectivity index (χ4v) is 3.48. The number of nitrogens with two attached hydrogens (primary N) is 1. The second-order valence-corrected chi connectivity index (χ2v) is 8.16. The molecule has 0 saturated heterocycles. The highest BCUT2D eigenvalue weighted by Gasteiger charge is 2.17. The van der Waals surface area contributed by atoms with Gasteiger partial charge in [0, 0.05) is 34.8 Å². The van der Waals surface area contributed by atoms with Crippen LogP contribution in [0.1, 0.15) is 27.2 Å². The molecule has 0 fully saturated rings. The topological polar surface area (TPSA) is 61.0 Å². The van der Waals surface area contributed by atoms with Crippen molar-refractivity contribution < 1.29 is 13.5 Å². The smallest absolute Gasteiger partial charge is 0.156 e. The summed E-state index contributed by atoms with van der Waals surface area (Å²) in [5.74, 6) is -0.699. The van der Waals surface area contributed by atoms with Crippen LogP contribution in [-0.4, -0.2) is 22.1 Å². The van der Waals surface area contributed by atoms with Crippen LogP contribution >= 0.6 is 11.6 Å². The molecule has 3 aromatic rings. The summed E-state index contributed by atoms with van der Waals surface area (Å²) in [6.45, 7) is 6.44. The zero-order valence-electron chi connectivity index (χ0n) is 16.0. The van der Waals surface area contributed by atoms with Crippen LogP contribution in [0.15, 0.2) is 36.7 Å². The highest BCUT2D eigenvalue weighted by atomic mass is 35.5. The van der Waals surface area contributed by atoms with Crippen LogP contribution in [0.2, 0.25) is 5.02 Å². The summed E-state index contributed by atoms with van der Waals surface area (Å²) < 4.78 is 33.6. The maximum Gasteiger partial charge on any atom is 0.156 e. The number of halogens is 3. The zero-order chi connectivity index (χ0) is 20.5. The van der Waals surface area contributed by atoms with Gasteiger partial charge < -0.3 is 10.5 Å². The molecule has 0 saturated carbocycles. The molecule has 1 aromatic carbocycles. The lowest BCUT2D eigenvalue weighted by atomic mass is 9.93. The van der Waals surface area contributed by atoms with Crippen molar-refractivity contribution in [2.24, 2.45) is 11.7 Å². The van der Waals surface area contributed by atoms with E-state index in [0.29, 0.717) is 28.6 Å². The number of ether oxygens (including phenoxy) is 1. The van der Waals surface area contributed by atoms with E-state index in [1.807, 2.05) is 13.8 Å². The Bertz CT molecular complexity index is 1000. The van der Waals surface area contributed by atoms with E-state index in [2.05, 4.69) is 16.9 Å². The predicted molar refractivity (Wildman–Crippen MR) is 107 cm³/mol. The van der Waals surface area contributed by atoms with E-state index in [1.165, 1.54) is 18.5 Å². The van der Waals surface area contributed by atoms with E-state index >= 15 is 0 Å². The standard InChI is InChI=1S/C21H22ClF2N3O/c1-12(9-21(2,3)25)11-28-19-10-27-17(8-15(19)22)14-4-5-26-18-7-13(23)6-16(24)20(14)18/h4-8,10,12H,9,11,25H2,1-3H3/t12-/m0/s1. The van der Waals surface area contributed by atoms with E-state index in [9.17, 15) is 8.78 Å². The van der Waals surface area contributed by atoms with Gasteiger partial charge in [-0.1, -0.05) is 18.5 Å². The van der Waals surface area contributed by atoms with Crippen LogP contribution in [0.3, 0.4) is 0 Å². The van der Waals surface area contributed by atoms with Gasteiger partial charge in [-0.05, 0) is 38.3 Å². The molecule has 7 heteroatoms. The van der Waals surface area contributed by atoms with Crippen molar-refractivity contribution in [1.82, 2.24) is 9.97 Å². The third-order valence-corrected chi connectivity index (χ3v) is 4.55. The van der Waals surface area contributed by atoms with Gasteiger partial charge in [0.15, 0.2) is 5.75 Å². The number of aromatic nitrogens is 2. The molecule has 2 aromatic heterocycles. The maximum atomic E-state index is 14.3. The Morgan fingerprint density at radius 2 is 1.96 bits per heavy atom. The summed E-state index contributed by atoms with van der Waals surface area (Å²) in [6.07, 6.45) is 3.79. The lowest BCUT2D eigenvalue weighted by Crippen LogP contribution is -2.35. The van der Waals surface area contributed by atoms with E-state index in [-0.39, 0.29) is 22.4 Å². The molecule has 1 atom stereocenters. The molecular formula is C21H22ClF2N3O. The molecule has 2 N–H and O–H groups in total. The Kier molecular flexibility index (Phi) is 5.82. The maximum absolute atomic E-state index is 14.3. The summed E-state index contributed by atoms with van der Waals surface area (Å²) in [7, 11) is 0. The lowest BCUT2D eigenvalue weighted by molar-refractivity contribution is 0.229. The van der Waals surface area contributed by atoms with Gasteiger partial charge in [0.2, 0.25) is 0 Å². The molecule has 0 amide bonds. The molecule has 148 valence electrons. The first-order valence-corrected chi connectivity index (χ1v) is 9.33. The number of nitrogens with zero attached hydrogens (tertiary/aromatic N) is 2. The summed E-state index contributed by atoms with van der Waals surface area (Å²) in [6, 6.07) is 5.23. The lowest BCUT2D eigenvalue weighted by Gasteiger charge is -2.23. The molecule has 0 aliphatic heterocycles. The van der Waals surface area contributed by atoms with Gasteiger partial charge >= 0.3 is 0 Å². The van der Waals surface area contributed by atoms with Crippen molar-refractivity contribution in [2.45, 2.75) is 32.7 Å². The van der Waals surface area contributed by atoms with Gasteiger partial charge in [0.1, 0.15) is 11.6 Å². The van der Waals surface area contributed by atoms with Gasteiger partial charge in [-0.25, -0.2) is 8.78 Å². The molecule has 4 nitrogen and oxygen atoms in total. The van der Waals surface area contributed by atoms with Crippen LogP contribution < -0.4 is 10.5 Å². The van der Waals surface area contributed by atoms with Crippen molar-refractivity contribution in [3.63, 3.8) is 0 Å². The minimum Gasteiger partial charge on any atom is -0.490 e. The van der Waals surface area contributed by atoms with Gasteiger partial charge in [-0.15, -0.1) is 0 Å². The first kappa shape index (κ1) is 20.4. The second-order valence-electron chi connectivity index (χ2n) is 7.75. The van der Waals surface area contributed by atoms with Crippen LogP contribution in [0.5, 0.6) is 5.75 Å². The fourth-order valence-electron chi connectivity index (χ4n) is 3.28. The first-order chi connectivity index (χ1) is 13.1. The van der Waals surface area contributed by atoms with Crippen LogP contribution in [0.4, 0.5) is 8.78 Å². The van der Waals surface area contributed by atoms with E-state index < -0.39 is 11.6 Å². The minimum atomic E-state index is -0.699. The van der Waals surface area contributed by atoms with Gasteiger partial charge in [-0.2, -0.15) is 0 Å². The molecule has 0 unspecified atom stereocenters. The molecule has 0 radical (unpaired) electrons. The first-order valence-electron chi connectivity index (χ1n) is 8.95. The third kappa shape index (κ3) is 4.75. The largest absolute Gasteiger partial charge is 0.490 e. The number of benzene rings is 1. The van der Waals surface area contributed by atoms with Gasteiger partial charge in [0.25, 0.3) is 0 Å². The summed E-state index contributed by atoms with van der Waals surface area (Å²) in [5.41, 5.74) is 6.90. The van der Waals surface area contributed by atoms with Crippen LogP contribution in [0, 0.1) is 17.6 Å². The number of fused-ring (bicyclic) bond motifs is 1. The van der Waals surface area contributed by atoms with Crippen molar-refractivity contribution in [1.29, 1.82) is 0 Å². The average molecular weight is 406 g/mol. The van der Waals surface area contributed by atoms with Gasteiger partial charge in [0.05, 0.1) is 29.0 Å². The Morgan fingerprint density at radius 3 is 2.64 bits per heavy atom. The molecule has 0 bridgehead atoms. The minimum absolute atomic E-state index is 0.194. The number of rotatable bonds is 6. The van der Waals surface area contributed by atoms with E-state index in [0.717, 1.165) is 12.5 Å². The van der Waals surface area contributed by atoms with Crippen molar-refractivity contribution >= 4 is 22.5 Å². The molecular weight excluding hydrogens is 384 g/mol. The van der Waals surface area contributed by atoms with Crippen molar-refractivity contribution in [3.05, 3.63) is 53.3 Å². The number of pyridine rings is 2. The third-order valence-electron chi connectivity index (χ3n) is 4.25. The Labute approximate surface area is 167 Å². The zero-order valence-corrected chi connectivity index (χ0v) is 16.7. The monoisotopic (exact) mass is 405 g/mol. The fraction of sp³-hybridized carbons (Fsp3) is 0.333. The molecule has 2 heterocycles. The van der Waals surface area contributed by atoms with Crippen molar-refractivity contribution in [3.8, 4) is 17.0 Å². The molecule has 0 spiro atoms. The Morgan fingerprint density at radius 1 is 1.21 bits per heavy atom. The number of hydrogen-bond acceptors (Lipinski definition) is 4. The van der Waals surface area contributed by atoms with Gasteiger partial charge in [-0.3, -0.25) is 9.97 Å². The van der Waals surface area contributed by atoms with E-state index in [4.69, 9.17) is 22.1 Å². The molecule has 28 heavy (non-hydrogen) atoms. The van der Waals surface area contributed by atoms with Crippen LogP contribution in [0.25, 0.3) is 22.2 Å². The predicted octanol–water partition coefficient (Wildman–Crippen LogP) is 5.37.